The lowest BCUT2D eigenvalue weighted by molar-refractivity contribution is 0.448. The number of hydrogen-bond donors (Lipinski definition) is 0. The van der Waals surface area contributed by atoms with E-state index in [-0.39, 0.29) is 0 Å². The van der Waals surface area contributed by atoms with Crippen LogP contribution >= 0.6 is 23.0 Å². The molecule has 14 aromatic rings. The van der Waals surface area contributed by atoms with Gasteiger partial charge in [0, 0.05) is 55.6 Å². The second-order valence-electron chi connectivity index (χ2n) is 22.4. The van der Waals surface area contributed by atoms with Gasteiger partial charge in [0.25, 0.3) is 0 Å². The zero-order valence-corrected chi connectivity index (χ0v) is 52.8. The minimum atomic E-state index is -4.34. The fourth-order valence-corrected chi connectivity index (χ4v) is 21.3. The molecule has 12 aromatic carbocycles. The summed E-state index contributed by atoms with van der Waals surface area (Å²) in [6.07, 6.45) is 0. The number of fused-ring (bicyclic) bond motifs is 6. The normalized spacial score (nSPS) is 14.2. The third-order valence-electron chi connectivity index (χ3n) is 16.4. The van der Waals surface area contributed by atoms with E-state index in [1.54, 1.807) is 0 Å². The molecule has 16 heteroatoms. The van der Waals surface area contributed by atoms with Crippen molar-refractivity contribution in [2.24, 2.45) is 13.5 Å². The first kappa shape index (κ1) is 56.5. The van der Waals surface area contributed by atoms with Gasteiger partial charge >= 0.3 is 23.0 Å². The molecule has 5 heterocycles. The summed E-state index contributed by atoms with van der Waals surface area (Å²) >= 11 is 0. The Balaban J connectivity index is 0.884. The Morgan fingerprint density at radius 2 is 0.543 bits per heavy atom. The van der Waals surface area contributed by atoms with Crippen molar-refractivity contribution in [3.63, 3.8) is 0 Å². The maximum absolute atomic E-state index is 7.55. The Bertz CT molecular complexity index is 4930. The maximum Gasteiger partial charge on any atom is 0.460 e. The largest absolute Gasteiger partial charge is 0.460 e. The minimum Gasteiger partial charge on any atom is -0.413 e. The van der Waals surface area contributed by atoms with Gasteiger partial charge in [-0.15, -0.1) is 0 Å². The van der Waals surface area contributed by atoms with Crippen LogP contribution in [0, 0.1) is 0 Å². The van der Waals surface area contributed by atoms with E-state index in [1.165, 1.54) is 0 Å². The molecule has 17 rings (SSSR count). The predicted octanol–water partition coefficient (Wildman–Crippen LogP) is 22.6. The van der Waals surface area contributed by atoms with Crippen LogP contribution in [0.25, 0.3) is 101 Å². The van der Waals surface area contributed by atoms with Crippen molar-refractivity contribution in [2.45, 2.75) is 0 Å². The molecule has 452 valence electrons. The van der Waals surface area contributed by atoms with Crippen LogP contribution in [0.2, 0.25) is 0 Å². The number of aromatic nitrogens is 4. The average molecular weight is 1280 g/mol. The minimum absolute atomic E-state index is 0.372. The topological polar surface area (TPSA) is 128 Å². The van der Waals surface area contributed by atoms with E-state index in [2.05, 4.69) is 72.8 Å². The molecule has 0 N–H and O–H groups in total. The van der Waals surface area contributed by atoms with Gasteiger partial charge in [-0.3, -0.25) is 0 Å². The van der Waals surface area contributed by atoms with Gasteiger partial charge < -0.3 is 27.1 Å². The van der Waals surface area contributed by atoms with Gasteiger partial charge in [-0.1, -0.05) is 268 Å². The fourth-order valence-electron chi connectivity index (χ4n) is 12.2. The van der Waals surface area contributed by atoms with Crippen molar-refractivity contribution in [3.8, 4) is 135 Å². The molecule has 0 atom stereocenters. The van der Waals surface area contributed by atoms with Crippen LogP contribution in [0.1, 0.15) is 0 Å². The number of para-hydroxylation sites is 6. The van der Waals surface area contributed by atoms with Crippen LogP contribution < -0.4 is 27.1 Å². The first-order valence-electron chi connectivity index (χ1n) is 30.7. The molecule has 2 aromatic heterocycles. The number of nitrogens with zero attached hydrogens (tertiary/aromatic N) is 7. The summed E-state index contributed by atoms with van der Waals surface area (Å²) in [5.41, 5.74) is 15.9. The number of rotatable bonds is 12. The molecule has 0 fully saturated rings. The predicted molar refractivity (Wildman–Crippen MR) is 375 cm³/mol. The molecule has 13 nitrogen and oxygen atoms in total. The highest BCUT2D eigenvalue weighted by Crippen LogP contribution is 2.80. The smallest absolute Gasteiger partial charge is 0.413 e. The molecular formula is C78H54N7O6P3. The molecule has 0 aliphatic carbocycles. The molecule has 0 saturated carbocycles. The van der Waals surface area contributed by atoms with Gasteiger partial charge in [0.1, 0.15) is 45.9 Å². The second kappa shape index (κ2) is 23.7. The van der Waals surface area contributed by atoms with E-state index < -0.39 is 23.0 Å². The van der Waals surface area contributed by atoms with Crippen LogP contribution in [0.15, 0.2) is 341 Å². The summed E-state index contributed by atoms with van der Waals surface area (Å²) < 4.78 is 65.2. The van der Waals surface area contributed by atoms with E-state index in [0.29, 0.717) is 34.5 Å². The van der Waals surface area contributed by atoms with E-state index >= 15 is 0 Å². The van der Waals surface area contributed by atoms with E-state index in [4.69, 9.17) is 50.9 Å². The molecule has 0 bridgehead atoms. The van der Waals surface area contributed by atoms with Gasteiger partial charge in [0.15, 0.2) is 0 Å². The van der Waals surface area contributed by atoms with E-state index in [9.17, 15) is 0 Å². The van der Waals surface area contributed by atoms with Crippen molar-refractivity contribution in [3.05, 3.63) is 328 Å². The zero-order chi connectivity index (χ0) is 62.5. The van der Waals surface area contributed by atoms with Gasteiger partial charge in [0.05, 0.1) is 22.8 Å². The van der Waals surface area contributed by atoms with Crippen molar-refractivity contribution >= 4 is 23.0 Å². The second-order valence-corrected chi connectivity index (χ2v) is 28.6. The van der Waals surface area contributed by atoms with Crippen molar-refractivity contribution in [1.29, 1.82) is 0 Å². The molecule has 0 saturated heterocycles. The first-order valence-corrected chi connectivity index (χ1v) is 35.3. The average Bonchev–Trinajstić information content (AvgIpc) is 1.40. The quantitative estimate of drug-likeness (QED) is 0.111. The van der Waals surface area contributed by atoms with Crippen molar-refractivity contribution < 1.29 is 27.1 Å². The van der Waals surface area contributed by atoms with Gasteiger partial charge in [0.2, 0.25) is 0 Å². The standard InChI is InChI=1S/C78H54N7O6P3/c1-7-27-57(28-8-1)75-73(77(59-31-11-3-12-32-59)84(79-75)61-35-15-5-16-36-61)55-47-51-63(52-48-55)86-92(87-64-53-49-56(50-54-64)74-76(58-29-9-2-10-30-58)80-85(62-37-17-6-18-38-62)78(74)60-33-13-4-14-34-60)81-93(88-69-43-23-19-39-65(69)66-40-20-24-44-70(66)89-93)83-94(82-92)90-71-45-25-21-41-67(71)68-42-22-26-46-72(68)91-94/h1-54H. The molecule has 94 heavy (non-hydrogen) atoms. The highest BCUT2D eigenvalue weighted by molar-refractivity contribution is 7.79. The lowest BCUT2D eigenvalue weighted by Crippen LogP contribution is -2.10. The monoisotopic (exact) mass is 1280 g/mol. The number of hydrogen-bond acceptors (Lipinski definition) is 11. The fraction of sp³-hybridized carbons (Fsp3) is 0. The first-order chi connectivity index (χ1) is 46.4. The highest BCUT2D eigenvalue weighted by Gasteiger charge is 2.51. The molecular weight excluding hydrogens is 1220 g/mol. The van der Waals surface area contributed by atoms with Crippen LogP contribution in [-0.2, 0) is 0 Å². The Kier molecular flexibility index (Phi) is 14.2. The molecule has 0 unspecified atom stereocenters. The summed E-state index contributed by atoms with van der Waals surface area (Å²) in [4.78, 5) is 0. The van der Waals surface area contributed by atoms with Gasteiger partial charge in [-0.05, 0) is 83.9 Å². The third-order valence-corrected chi connectivity index (χ3v) is 24.4. The summed E-state index contributed by atoms with van der Waals surface area (Å²) in [6.45, 7) is 0. The van der Waals surface area contributed by atoms with E-state index in [0.717, 1.165) is 101 Å². The van der Waals surface area contributed by atoms with Crippen LogP contribution in [0.3, 0.4) is 0 Å². The third kappa shape index (κ3) is 10.5. The lowest BCUT2D eigenvalue weighted by atomic mass is 9.95. The highest BCUT2D eigenvalue weighted by atomic mass is 31.3. The molecule has 0 amide bonds. The van der Waals surface area contributed by atoms with E-state index in [1.807, 2.05) is 264 Å². The summed E-state index contributed by atoms with van der Waals surface area (Å²) in [5.74, 6) is 2.67. The molecule has 3 aliphatic rings. The van der Waals surface area contributed by atoms with Gasteiger partial charge in [-0.2, -0.15) is 10.2 Å². The van der Waals surface area contributed by atoms with Crippen LogP contribution in [0.5, 0.6) is 34.5 Å². The van der Waals surface area contributed by atoms with Crippen LogP contribution in [-0.4, -0.2) is 19.6 Å². The summed E-state index contributed by atoms with van der Waals surface area (Å²) in [5, 5.41) is 10.8. The Morgan fingerprint density at radius 1 is 0.255 bits per heavy atom. The van der Waals surface area contributed by atoms with Crippen molar-refractivity contribution in [2.75, 3.05) is 0 Å². The van der Waals surface area contributed by atoms with Crippen LogP contribution in [0.4, 0.5) is 0 Å². The lowest BCUT2D eigenvalue weighted by Gasteiger charge is -2.32. The zero-order valence-electron chi connectivity index (χ0n) is 50.1. The Labute approximate surface area is 543 Å². The number of benzene rings is 12. The van der Waals surface area contributed by atoms with Crippen molar-refractivity contribution in [1.82, 2.24) is 19.6 Å². The molecule has 0 radical (unpaired) electrons. The summed E-state index contributed by atoms with van der Waals surface area (Å²) in [7, 11) is -12.7. The molecule has 2 spiro atoms. The Hall–Kier alpha value is -11.5. The summed E-state index contributed by atoms with van der Waals surface area (Å²) in [6, 6.07) is 109. The van der Waals surface area contributed by atoms with Gasteiger partial charge in [-0.25, -0.2) is 9.36 Å². The molecule has 3 aliphatic heterocycles. The maximum atomic E-state index is 7.55. The Morgan fingerprint density at radius 3 is 0.883 bits per heavy atom. The SMILES string of the molecule is c1ccc(-c2nn(-c3ccccc3)c(-c3ccccc3)c2-c2ccc(OP3(Oc4ccc(-c5c(-c6ccccc6)nn(-c6ccccc6)c5-c5ccccc5)cc4)=NP4(=NP5(=N3)Oc3ccccc3-c3ccccc3O5)Oc3ccccc3-c3ccccc3O4)cc2)cc1.